The molecule has 3 aromatic heterocycles. The van der Waals surface area contributed by atoms with Crippen molar-refractivity contribution in [3.63, 3.8) is 0 Å². The van der Waals surface area contributed by atoms with Crippen LogP contribution in [0.15, 0.2) is 30.6 Å². The Balaban J connectivity index is 2.00. The molecule has 0 fully saturated rings. The molecule has 108 valence electrons. The zero-order valence-corrected chi connectivity index (χ0v) is 12.6. The van der Waals surface area contributed by atoms with Crippen LogP contribution in [-0.4, -0.2) is 29.5 Å². The monoisotopic (exact) mass is 282 g/mol. The van der Waals surface area contributed by atoms with Crippen molar-refractivity contribution in [2.45, 2.75) is 26.8 Å². The fraction of sp³-hybridized carbons (Fsp3) is 0.333. The smallest absolute Gasteiger partial charge is 0.183 e. The van der Waals surface area contributed by atoms with Gasteiger partial charge < -0.3 is 0 Å². The van der Waals surface area contributed by atoms with Gasteiger partial charge in [-0.1, -0.05) is 0 Å². The van der Waals surface area contributed by atoms with Crippen molar-refractivity contribution in [2.75, 3.05) is 0 Å². The molecule has 0 saturated heterocycles. The van der Waals surface area contributed by atoms with Gasteiger partial charge in [-0.25, -0.2) is 4.98 Å². The van der Waals surface area contributed by atoms with E-state index in [2.05, 4.69) is 40.1 Å². The molecule has 0 bridgehead atoms. The molecule has 0 N–H and O–H groups in total. The highest BCUT2D eigenvalue weighted by atomic mass is 15.4. The van der Waals surface area contributed by atoms with Crippen LogP contribution in [0.25, 0.3) is 11.4 Å². The summed E-state index contributed by atoms with van der Waals surface area (Å²) in [5.74, 6) is 1.56. The van der Waals surface area contributed by atoms with Crippen molar-refractivity contribution in [2.24, 2.45) is 7.05 Å². The summed E-state index contributed by atoms with van der Waals surface area (Å²) >= 11 is 0. The van der Waals surface area contributed by atoms with Gasteiger partial charge in [0.25, 0.3) is 0 Å². The number of pyridine rings is 1. The predicted octanol–water partition coefficient (Wildman–Crippen LogP) is 2.30. The first-order chi connectivity index (χ1) is 10.1. The highest BCUT2D eigenvalue weighted by Gasteiger charge is 2.19. The SMILES string of the molecule is Cc1cc(C)n([C@@H](C)c2nc(-c3cccnc3)nn2C)n1. The molecule has 0 aliphatic carbocycles. The first-order valence-electron chi connectivity index (χ1n) is 6.90. The van der Waals surface area contributed by atoms with Crippen LogP contribution in [0.3, 0.4) is 0 Å². The molecule has 0 radical (unpaired) electrons. The average molecular weight is 282 g/mol. The topological polar surface area (TPSA) is 61.4 Å². The minimum absolute atomic E-state index is 0.0293. The van der Waals surface area contributed by atoms with Gasteiger partial charge in [-0.15, -0.1) is 0 Å². The summed E-state index contributed by atoms with van der Waals surface area (Å²) in [4.78, 5) is 8.77. The highest BCUT2D eigenvalue weighted by molar-refractivity contribution is 5.52. The standard InChI is InChI=1S/C15H18N6/c1-10-8-11(2)21(18-10)12(3)15-17-14(19-20(15)4)13-6-5-7-16-9-13/h5-9,12H,1-4H3/t12-/m0/s1. The van der Waals surface area contributed by atoms with Crippen molar-refractivity contribution < 1.29 is 0 Å². The van der Waals surface area contributed by atoms with Crippen molar-refractivity contribution in [1.82, 2.24) is 29.5 Å². The molecule has 0 saturated carbocycles. The summed E-state index contributed by atoms with van der Waals surface area (Å²) in [6.45, 7) is 6.12. The summed E-state index contributed by atoms with van der Waals surface area (Å²) < 4.78 is 3.79. The molecule has 6 nitrogen and oxygen atoms in total. The maximum atomic E-state index is 4.66. The van der Waals surface area contributed by atoms with Crippen LogP contribution in [-0.2, 0) is 7.05 Å². The van der Waals surface area contributed by atoms with E-state index in [9.17, 15) is 0 Å². The molecular weight excluding hydrogens is 264 g/mol. The highest BCUT2D eigenvalue weighted by Crippen LogP contribution is 2.21. The van der Waals surface area contributed by atoms with Gasteiger partial charge in [0.15, 0.2) is 11.6 Å². The second-order valence-corrected chi connectivity index (χ2v) is 5.21. The Morgan fingerprint density at radius 3 is 2.62 bits per heavy atom. The minimum Gasteiger partial charge on any atom is -0.264 e. The zero-order chi connectivity index (χ0) is 15.0. The lowest BCUT2D eigenvalue weighted by Gasteiger charge is -2.12. The van der Waals surface area contributed by atoms with Crippen molar-refractivity contribution in [3.05, 3.63) is 47.8 Å². The van der Waals surface area contributed by atoms with Gasteiger partial charge in [0.1, 0.15) is 6.04 Å². The molecule has 6 heteroatoms. The normalized spacial score (nSPS) is 12.6. The molecule has 21 heavy (non-hydrogen) atoms. The molecule has 0 aromatic carbocycles. The zero-order valence-electron chi connectivity index (χ0n) is 12.6. The van der Waals surface area contributed by atoms with E-state index in [0.29, 0.717) is 5.82 Å². The maximum absolute atomic E-state index is 4.66. The van der Waals surface area contributed by atoms with Crippen LogP contribution in [0.2, 0.25) is 0 Å². The van der Waals surface area contributed by atoms with Gasteiger partial charge in [-0.2, -0.15) is 10.2 Å². The Labute approximate surface area is 123 Å². The number of aromatic nitrogens is 6. The Bertz CT molecular complexity index is 756. The van der Waals surface area contributed by atoms with E-state index in [-0.39, 0.29) is 6.04 Å². The number of hydrogen-bond donors (Lipinski definition) is 0. The summed E-state index contributed by atoms with van der Waals surface area (Å²) in [6, 6.07) is 5.94. The van der Waals surface area contributed by atoms with Crippen LogP contribution in [0.5, 0.6) is 0 Å². The van der Waals surface area contributed by atoms with E-state index < -0.39 is 0 Å². The number of hydrogen-bond acceptors (Lipinski definition) is 4. The maximum Gasteiger partial charge on any atom is 0.183 e. The third-order valence-electron chi connectivity index (χ3n) is 3.50. The number of rotatable bonds is 3. The predicted molar refractivity (Wildman–Crippen MR) is 79.7 cm³/mol. The van der Waals surface area contributed by atoms with Gasteiger partial charge in [0.2, 0.25) is 0 Å². The Kier molecular flexibility index (Phi) is 3.29. The molecule has 0 amide bonds. The van der Waals surface area contributed by atoms with E-state index in [1.54, 1.807) is 12.4 Å². The lowest BCUT2D eigenvalue weighted by atomic mass is 10.2. The van der Waals surface area contributed by atoms with E-state index in [0.717, 1.165) is 22.8 Å². The molecule has 3 aromatic rings. The third-order valence-corrected chi connectivity index (χ3v) is 3.50. The number of aryl methyl sites for hydroxylation is 3. The quantitative estimate of drug-likeness (QED) is 0.739. The van der Waals surface area contributed by atoms with Gasteiger partial charge in [-0.05, 0) is 39.0 Å². The van der Waals surface area contributed by atoms with E-state index in [1.807, 2.05) is 35.5 Å². The van der Waals surface area contributed by atoms with Crippen LogP contribution in [0.1, 0.15) is 30.2 Å². The molecule has 3 heterocycles. The summed E-state index contributed by atoms with van der Waals surface area (Å²) in [6.07, 6.45) is 3.51. The van der Waals surface area contributed by atoms with Crippen molar-refractivity contribution >= 4 is 0 Å². The lowest BCUT2D eigenvalue weighted by Crippen LogP contribution is -2.15. The Morgan fingerprint density at radius 1 is 1.19 bits per heavy atom. The van der Waals surface area contributed by atoms with Crippen LogP contribution >= 0.6 is 0 Å². The average Bonchev–Trinajstić information content (AvgIpc) is 3.02. The van der Waals surface area contributed by atoms with E-state index in [4.69, 9.17) is 0 Å². The second kappa shape index (κ2) is 5.12. The molecule has 0 unspecified atom stereocenters. The van der Waals surface area contributed by atoms with E-state index in [1.165, 1.54) is 0 Å². The Morgan fingerprint density at radius 2 is 2.00 bits per heavy atom. The Hall–Kier alpha value is -2.50. The molecule has 1 atom stereocenters. The minimum atomic E-state index is 0.0293. The molecule has 0 aliphatic heterocycles. The summed E-state index contributed by atoms with van der Waals surface area (Å²) in [5, 5.41) is 9.02. The van der Waals surface area contributed by atoms with Gasteiger partial charge in [-0.3, -0.25) is 14.3 Å². The first-order valence-corrected chi connectivity index (χ1v) is 6.90. The first kappa shape index (κ1) is 13.5. The van der Waals surface area contributed by atoms with Crippen LogP contribution < -0.4 is 0 Å². The van der Waals surface area contributed by atoms with E-state index >= 15 is 0 Å². The third kappa shape index (κ3) is 2.44. The summed E-state index contributed by atoms with van der Waals surface area (Å²) in [5.41, 5.74) is 3.04. The second-order valence-electron chi connectivity index (χ2n) is 5.21. The molecule has 3 rings (SSSR count). The largest absolute Gasteiger partial charge is 0.264 e. The molecule has 0 spiro atoms. The van der Waals surface area contributed by atoms with Crippen molar-refractivity contribution in [1.29, 1.82) is 0 Å². The van der Waals surface area contributed by atoms with Crippen LogP contribution in [0.4, 0.5) is 0 Å². The van der Waals surface area contributed by atoms with Crippen LogP contribution in [0, 0.1) is 13.8 Å². The van der Waals surface area contributed by atoms with Gasteiger partial charge in [0, 0.05) is 30.7 Å². The lowest BCUT2D eigenvalue weighted by molar-refractivity contribution is 0.496. The fourth-order valence-electron chi connectivity index (χ4n) is 2.53. The van der Waals surface area contributed by atoms with Crippen molar-refractivity contribution in [3.8, 4) is 11.4 Å². The van der Waals surface area contributed by atoms with Gasteiger partial charge in [0.05, 0.1) is 5.69 Å². The number of nitrogens with zero attached hydrogens (tertiary/aromatic N) is 6. The molecule has 0 aliphatic rings. The molecular formula is C15H18N6. The van der Waals surface area contributed by atoms with Gasteiger partial charge >= 0.3 is 0 Å². The fourth-order valence-corrected chi connectivity index (χ4v) is 2.53. The summed E-state index contributed by atoms with van der Waals surface area (Å²) in [7, 11) is 1.91.